The molecule has 1 unspecified atom stereocenters. The molecule has 0 saturated carbocycles. The summed E-state index contributed by atoms with van der Waals surface area (Å²) in [5.41, 5.74) is 7.73. The first-order valence-corrected chi connectivity index (χ1v) is 8.29. The molecular weight excluding hydrogens is 307 g/mol. The SMILES string of the molecule is COc1cc2c(cc1OC)[C@@H](C[NH3+])[NH+](Cc1cccc(F)c1)CC2. The third-order valence-electron chi connectivity index (χ3n) is 4.84. The first-order chi connectivity index (χ1) is 11.7. The van der Waals surface area contributed by atoms with Crippen LogP contribution in [0, 0.1) is 5.82 Å². The maximum Gasteiger partial charge on any atom is 0.163 e. The summed E-state index contributed by atoms with van der Waals surface area (Å²) in [6, 6.07) is 11.3. The summed E-state index contributed by atoms with van der Waals surface area (Å²) in [5.74, 6) is 1.34. The lowest BCUT2D eigenvalue weighted by atomic mass is 9.91. The Morgan fingerprint density at radius 3 is 2.58 bits per heavy atom. The number of methoxy groups -OCH3 is 2. The summed E-state index contributed by atoms with van der Waals surface area (Å²) < 4.78 is 24.3. The van der Waals surface area contributed by atoms with Crippen LogP contribution in [-0.2, 0) is 13.0 Å². The number of nitrogens with one attached hydrogen (secondary N) is 1. The van der Waals surface area contributed by atoms with Crippen LogP contribution in [-0.4, -0.2) is 27.3 Å². The van der Waals surface area contributed by atoms with Crippen LogP contribution in [0.3, 0.4) is 0 Å². The molecule has 0 aliphatic carbocycles. The van der Waals surface area contributed by atoms with Crippen molar-refractivity contribution in [1.29, 1.82) is 0 Å². The second-order valence-corrected chi connectivity index (χ2v) is 6.21. The highest BCUT2D eigenvalue weighted by Gasteiger charge is 2.32. The minimum absolute atomic E-state index is 0.179. The molecule has 0 fully saturated rings. The molecule has 1 aliphatic heterocycles. The molecule has 5 heteroatoms. The van der Waals surface area contributed by atoms with E-state index in [9.17, 15) is 4.39 Å². The van der Waals surface area contributed by atoms with Crippen LogP contribution in [0.2, 0.25) is 0 Å². The van der Waals surface area contributed by atoms with Gasteiger partial charge in [-0.3, -0.25) is 0 Å². The highest BCUT2D eigenvalue weighted by molar-refractivity contribution is 5.48. The molecule has 4 N–H and O–H groups in total. The maximum absolute atomic E-state index is 13.5. The minimum atomic E-state index is -0.179. The third-order valence-corrected chi connectivity index (χ3v) is 4.84. The first kappa shape index (κ1) is 16.7. The fourth-order valence-electron chi connectivity index (χ4n) is 3.65. The van der Waals surface area contributed by atoms with E-state index in [1.807, 2.05) is 6.07 Å². The zero-order valence-corrected chi connectivity index (χ0v) is 14.3. The van der Waals surface area contributed by atoms with Crippen LogP contribution in [0.5, 0.6) is 11.5 Å². The Labute approximate surface area is 142 Å². The van der Waals surface area contributed by atoms with Crippen molar-refractivity contribution in [3.63, 3.8) is 0 Å². The molecule has 1 heterocycles. The Morgan fingerprint density at radius 1 is 1.17 bits per heavy atom. The fourth-order valence-corrected chi connectivity index (χ4v) is 3.65. The second kappa shape index (κ2) is 7.20. The molecule has 4 nitrogen and oxygen atoms in total. The van der Waals surface area contributed by atoms with Crippen molar-refractivity contribution in [2.24, 2.45) is 0 Å². The van der Waals surface area contributed by atoms with E-state index in [0.29, 0.717) is 0 Å². The molecule has 0 bridgehead atoms. The van der Waals surface area contributed by atoms with Gasteiger partial charge >= 0.3 is 0 Å². The Morgan fingerprint density at radius 2 is 1.92 bits per heavy atom. The van der Waals surface area contributed by atoms with E-state index in [1.54, 1.807) is 26.4 Å². The van der Waals surface area contributed by atoms with E-state index in [-0.39, 0.29) is 11.9 Å². The smallest absolute Gasteiger partial charge is 0.163 e. The number of halogens is 1. The van der Waals surface area contributed by atoms with Gasteiger partial charge in [-0.05, 0) is 29.8 Å². The van der Waals surface area contributed by atoms with Crippen molar-refractivity contribution in [1.82, 2.24) is 0 Å². The number of rotatable bonds is 5. The maximum atomic E-state index is 13.5. The largest absolute Gasteiger partial charge is 0.493 e. The van der Waals surface area contributed by atoms with Crippen molar-refractivity contribution in [3.05, 3.63) is 58.9 Å². The molecule has 0 radical (unpaired) electrons. The summed E-state index contributed by atoms with van der Waals surface area (Å²) in [4.78, 5) is 1.41. The lowest BCUT2D eigenvalue weighted by molar-refractivity contribution is -0.952. The van der Waals surface area contributed by atoms with Crippen molar-refractivity contribution in [2.45, 2.75) is 19.0 Å². The van der Waals surface area contributed by atoms with Gasteiger partial charge in [0.25, 0.3) is 0 Å². The van der Waals surface area contributed by atoms with Crippen LogP contribution in [0.25, 0.3) is 0 Å². The van der Waals surface area contributed by atoms with E-state index in [0.717, 1.165) is 43.1 Å². The topological polar surface area (TPSA) is 50.5 Å². The number of benzene rings is 2. The average Bonchev–Trinajstić information content (AvgIpc) is 2.60. The quantitative estimate of drug-likeness (QED) is 0.850. The van der Waals surface area contributed by atoms with E-state index in [2.05, 4.69) is 17.9 Å². The van der Waals surface area contributed by atoms with E-state index in [4.69, 9.17) is 9.47 Å². The summed E-state index contributed by atoms with van der Waals surface area (Å²) in [6.45, 7) is 2.58. The van der Waals surface area contributed by atoms with Crippen LogP contribution in [0.15, 0.2) is 36.4 Å². The third kappa shape index (κ3) is 3.23. The molecular formula is C19H25FN2O2+2. The van der Waals surface area contributed by atoms with Crippen molar-refractivity contribution < 1.29 is 24.5 Å². The van der Waals surface area contributed by atoms with Gasteiger partial charge in [0.15, 0.2) is 17.5 Å². The summed E-state index contributed by atoms with van der Waals surface area (Å²) in [6.07, 6.45) is 0.969. The molecule has 3 rings (SSSR count). The zero-order chi connectivity index (χ0) is 17.1. The first-order valence-electron chi connectivity index (χ1n) is 8.29. The van der Waals surface area contributed by atoms with Crippen LogP contribution in [0.1, 0.15) is 22.7 Å². The van der Waals surface area contributed by atoms with Gasteiger partial charge in [-0.25, -0.2) is 4.39 Å². The van der Waals surface area contributed by atoms with Gasteiger partial charge in [-0.15, -0.1) is 0 Å². The van der Waals surface area contributed by atoms with Crippen molar-refractivity contribution in [2.75, 3.05) is 27.3 Å². The number of fused-ring (bicyclic) bond motifs is 1. The molecule has 2 aromatic rings. The molecule has 2 atom stereocenters. The normalized spacial score (nSPS) is 19.7. The van der Waals surface area contributed by atoms with Gasteiger partial charge in [0.1, 0.15) is 18.9 Å². The zero-order valence-electron chi connectivity index (χ0n) is 14.3. The molecule has 1 aliphatic rings. The lowest BCUT2D eigenvalue weighted by Crippen LogP contribution is -3.13. The van der Waals surface area contributed by atoms with Gasteiger partial charge in [-0.2, -0.15) is 0 Å². The molecule has 0 spiro atoms. The van der Waals surface area contributed by atoms with Gasteiger partial charge in [0, 0.05) is 17.5 Å². The number of hydrogen-bond donors (Lipinski definition) is 2. The predicted molar refractivity (Wildman–Crippen MR) is 89.7 cm³/mol. The van der Waals surface area contributed by atoms with Crippen molar-refractivity contribution >= 4 is 0 Å². The summed E-state index contributed by atoms with van der Waals surface area (Å²) >= 11 is 0. The average molecular weight is 332 g/mol. The number of ether oxygens (including phenoxy) is 2. The predicted octanol–water partition coefficient (Wildman–Crippen LogP) is 0.767. The Kier molecular flexibility index (Phi) is 5.02. The Balaban J connectivity index is 1.91. The molecule has 2 aromatic carbocycles. The molecule has 128 valence electrons. The van der Waals surface area contributed by atoms with E-state index < -0.39 is 0 Å². The Bertz CT molecular complexity index is 721. The van der Waals surface area contributed by atoms with Gasteiger partial charge in [0.05, 0.1) is 20.8 Å². The highest BCUT2D eigenvalue weighted by Crippen LogP contribution is 2.33. The summed E-state index contributed by atoms with van der Waals surface area (Å²) in [7, 11) is 3.32. The second-order valence-electron chi connectivity index (χ2n) is 6.21. The van der Waals surface area contributed by atoms with Gasteiger partial charge in [0.2, 0.25) is 0 Å². The number of hydrogen-bond acceptors (Lipinski definition) is 2. The highest BCUT2D eigenvalue weighted by atomic mass is 19.1. The number of quaternary nitrogens is 2. The van der Waals surface area contributed by atoms with Crippen molar-refractivity contribution in [3.8, 4) is 11.5 Å². The van der Waals surface area contributed by atoms with E-state index >= 15 is 0 Å². The fraction of sp³-hybridized carbons (Fsp3) is 0.368. The Hall–Kier alpha value is -2.11. The van der Waals surface area contributed by atoms with Gasteiger partial charge < -0.3 is 20.1 Å². The minimum Gasteiger partial charge on any atom is -0.493 e. The van der Waals surface area contributed by atoms with E-state index in [1.165, 1.54) is 22.1 Å². The molecule has 0 aromatic heterocycles. The summed E-state index contributed by atoms with van der Waals surface area (Å²) in [5, 5.41) is 0. The van der Waals surface area contributed by atoms with Crippen LogP contribution < -0.4 is 20.1 Å². The molecule has 0 saturated heterocycles. The van der Waals surface area contributed by atoms with Crippen LogP contribution in [0.4, 0.5) is 4.39 Å². The standard InChI is InChI=1S/C19H23FN2O2/c1-23-18-9-14-6-7-22(12-13-4-3-5-15(20)8-13)17(11-21)16(14)10-19(18)24-2/h3-5,8-10,17H,6-7,11-12,21H2,1-2H3/p+2/t17-/m1/s1. The van der Waals surface area contributed by atoms with Crippen LogP contribution >= 0.6 is 0 Å². The van der Waals surface area contributed by atoms with Gasteiger partial charge in [-0.1, -0.05) is 12.1 Å². The molecule has 0 amide bonds. The monoisotopic (exact) mass is 332 g/mol. The molecule has 24 heavy (non-hydrogen) atoms. The lowest BCUT2D eigenvalue weighted by Gasteiger charge is -2.33.